The molecular formula is C13H14BrNO4. The lowest BCUT2D eigenvalue weighted by Gasteiger charge is -2.03. The average Bonchev–Trinajstić information content (AvgIpc) is 2.40. The average molecular weight is 328 g/mol. The lowest BCUT2D eigenvalue weighted by Crippen LogP contribution is -2.20. The summed E-state index contributed by atoms with van der Waals surface area (Å²) in [6.07, 6.45) is 0. The highest BCUT2D eigenvalue weighted by atomic mass is 79.9. The second-order valence-electron chi connectivity index (χ2n) is 3.64. The second kappa shape index (κ2) is 7.68. The predicted molar refractivity (Wildman–Crippen MR) is 74.5 cm³/mol. The van der Waals surface area contributed by atoms with E-state index < -0.39 is 11.9 Å². The third-order valence-electron chi connectivity index (χ3n) is 2.16. The molecule has 1 aromatic rings. The minimum Gasteiger partial charge on any atom is -0.461 e. The second-order valence-corrected chi connectivity index (χ2v) is 4.20. The number of carbonyl (C=O) groups is 2. The molecule has 0 spiro atoms. The summed E-state index contributed by atoms with van der Waals surface area (Å²) in [5.41, 5.74) is 1.40. The van der Waals surface area contributed by atoms with Gasteiger partial charge in [0.05, 0.1) is 17.5 Å². The van der Waals surface area contributed by atoms with E-state index in [4.69, 9.17) is 9.57 Å². The molecule has 0 heterocycles. The van der Waals surface area contributed by atoms with E-state index in [2.05, 4.69) is 21.1 Å². The van der Waals surface area contributed by atoms with Gasteiger partial charge in [0.15, 0.2) is 5.71 Å². The largest absolute Gasteiger partial charge is 0.461 e. The molecule has 0 aliphatic rings. The summed E-state index contributed by atoms with van der Waals surface area (Å²) in [6, 6.07) is 6.84. The first kappa shape index (κ1) is 15.4. The van der Waals surface area contributed by atoms with Crippen LogP contribution in [0.4, 0.5) is 0 Å². The van der Waals surface area contributed by atoms with Gasteiger partial charge in [0.2, 0.25) is 0 Å². The summed E-state index contributed by atoms with van der Waals surface area (Å²) in [7, 11) is 0. The van der Waals surface area contributed by atoms with Gasteiger partial charge in [-0.15, -0.1) is 0 Å². The number of alkyl halides is 1. The number of carbonyl (C=O) groups excluding carboxylic acids is 2. The monoisotopic (exact) mass is 327 g/mol. The molecule has 1 aromatic carbocycles. The maximum Gasteiger partial charge on any atom is 0.365 e. The number of halogens is 1. The highest BCUT2D eigenvalue weighted by molar-refractivity contribution is 9.09. The van der Waals surface area contributed by atoms with Crippen LogP contribution in [0.2, 0.25) is 0 Å². The number of hydrogen-bond acceptors (Lipinski definition) is 5. The number of aryl methyl sites for hydroxylation is 1. The van der Waals surface area contributed by atoms with Crippen LogP contribution in [-0.2, 0) is 14.4 Å². The Morgan fingerprint density at radius 1 is 1.26 bits per heavy atom. The Kier molecular flexibility index (Phi) is 6.21. The quantitative estimate of drug-likeness (QED) is 0.274. The van der Waals surface area contributed by atoms with Crippen LogP contribution in [0.1, 0.15) is 22.8 Å². The van der Waals surface area contributed by atoms with Crippen LogP contribution in [-0.4, -0.2) is 29.6 Å². The zero-order valence-electron chi connectivity index (χ0n) is 10.7. The van der Waals surface area contributed by atoms with Gasteiger partial charge in [-0.1, -0.05) is 38.8 Å². The number of hydrogen-bond donors (Lipinski definition) is 0. The number of nitrogens with zero attached hydrogens (tertiary/aromatic N) is 1. The highest BCUT2D eigenvalue weighted by Crippen LogP contribution is 2.05. The molecule has 0 bridgehead atoms. The molecule has 0 aliphatic carbocycles. The van der Waals surface area contributed by atoms with Crippen molar-refractivity contribution in [1.82, 2.24) is 0 Å². The van der Waals surface area contributed by atoms with E-state index in [1.54, 1.807) is 31.2 Å². The maximum absolute atomic E-state index is 11.7. The zero-order chi connectivity index (χ0) is 14.3. The maximum atomic E-state index is 11.7. The van der Waals surface area contributed by atoms with E-state index in [-0.39, 0.29) is 17.6 Å². The summed E-state index contributed by atoms with van der Waals surface area (Å²) in [5, 5.41) is 3.65. The van der Waals surface area contributed by atoms with Gasteiger partial charge >= 0.3 is 11.9 Å². The van der Waals surface area contributed by atoms with Crippen LogP contribution in [0.5, 0.6) is 0 Å². The first-order chi connectivity index (χ1) is 9.08. The predicted octanol–water partition coefficient (Wildman–Crippen LogP) is 2.47. The fourth-order valence-corrected chi connectivity index (χ4v) is 1.50. The van der Waals surface area contributed by atoms with Crippen molar-refractivity contribution in [2.75, 3.05) is 11.9 Å². The van der Waals surface area contributed by atoms with E-state index >= 15 is 0 Å². The Morgan fingerprint density at radius 2 is 1.89 bits per heavy atom. The van der Waals surface area contributed by atoms with Crippen LogP contribution in [0.15, 0.2) is 29.4 Å². The Morgan fingerprint density at radius 3 is 2.42 bits per heavy atom. The van der Waals surface area contributed by atoms with Crippen molar-refractivity contribution in [2.24, 2.45) is 5.16 Å². The molecule has 0 aliphatic heterocycles. The molecule has 0 saturated heterocycles. The Balaban J connectivity index is 2.70. The molecule has 0 radical (unpaired) electrons. The molecule has 5 nitrogen and oxygen atoms in total. The summed E-state index contributed by atoms with van der Waals surface area (Å²) >= 11 is 3.08. The van der Waals surface area contributed by atoms with E-state index in [1.807, 2.05) is 6.92 Å². The normalized spacial score (nSPS) is 11.0. The molecule has 0 unspecified atom stereocenters. The van der Waals surface area contributed by atoms with Gasteiger partial charge in [-0.05, 0) is 26.0 Å². The van der Waals surface area contributed by atoms with E-state index in [0.29, 0.717) is 5.56 Å². The van der Waals surface area contributed by atoms with E-state index in [9.17, 15) is 9.59 Å². The van der Waals surface area contributed by atoms with Crippen LogP contribution < -0.4 is 0 Å². The van der Waals surface area contributed by atoms with Gasteiger partial charge in [0.1, 0.15) is 0 Å². The molecule has 0 fully saturated rings. The number of benzene rings is 1. The molecule has 102 valence electrons. The van der Waals surface area contributed by atoms with Crippen molar-refractivity contribution in [3.8, 4) is 0 Å². The van der Waals surface area contributed by atoms with Crippen molar-refractivity contribution in [1.29, 1.82) is 0 Å². The molecule has 0 aromatic heterocycles. The van der Waals surface area contributed by atoms with Gasteiger partial charge < -0.3 is 9.57 Å². The Hall–Kier alpha value is -1.69. The molecule has 0 saturated carbocycles. The van der Waals surface area contributed by atoms with Crippen molar-refractivity contribution in [3.63, 3.8) is 0 Å². The van der Waals surface area contributed by atoms with Gasteiger partial charge in [-0.25, -0.2) is 9.59 Å². The molecular weight excluding hydrogens is 314 g/mol. The van der Waals surface area contributed by atoms with Crippen LogP contribution >= 0.6 is 15.9 Å². The van der Waals surface area contributed by atoms with Crippen molar-refractivity contribution >= 4 is 33.6 Å². The smallest absolute Gasteiger partial charge is 0.365 e. The minimum absolute atomic E-state index is 0.00214. The van der Waals surface area contributed by atoms with Crippen LogP contribution in [0.25, 0.3) is 0 Å². The van der Waals surface area contributed by atoms with Crippen LogP contribution in [0.3, 0.4) is 0 Å². The van der Waals surface area contributed by atoms with Crippen molar-refractivity contribution in [3.05, 3.63) is 35.4 Å². The number of oxime groups is 1. The molecule has 0 N–H and O–H groups in total. The van der Waals surface area contributed by atoms with Crippen molar-refractivity contribution < 1.29 is 19.2 Å². The van der Waals surface area contributed by atoms with Crippen molar-refractivity contribution in [2.45, 2.75) is 13.8 Å². The van der Waals surface area contributed by atoms with Crippen LogP contribution in [0, 0.1) is 6.92 Å². The fourth-order valence-electron chi connectivity index (χ4n) is 1.17. The third-order valence-corrected chi connectivity index (χ3v) is 2.69. The third kappa shape index (κ3) is 4.82. The Labute approximate surface area is 119 Å². The first-order valence-corrected chi connectivity index (χ1v) is 6.78. The van der Waals surface area contributed by atoms with Gasteiger partial charge in [-0.3, -0.25) is 0 Å². The molecule has 19 heavy (non-hydrogen) atoms. The van der Waals surface area contributed by atoms with Gasteiger partial charge in [0.25, 0.3) is 0 Å². The lowest BCUT2D eigenvalue weighted by molar-refractivity contribution is -0.135. The zero-order valence-corrected chi connectivity index (χ0v) is 12.3. The van der Waals surface area contributed by atoms with E-state index in [0.717, 1.165) is 5.56 Å². The minimum atomic E-state index is -0.622. The summed E-state index contributed by atoms with van der Waals surface area (Å²) in [5.74, 6) is -1.24. The summed E-state index contributed by atoms with van der Waals surface area (Å²) in [6.45, 7) is 3.83. The number of esters is 1. The molecule has 6 heteroatoms. The Bertz CT molecular complexity index is 482. The number of ether oxygens (including phenoxy) is 1. The summed E-state index contributed by atoms with van der Waals surface area (Å²) in [4.78, 5) is 27.8. The standard InChI is InChI=1S/C13H14BrNO4/c1-3-18-13(17)11(8-14)15-19-12(16)10-6-4-9(2)5-7-10/h4-7H,3,8H2,1-2H3. The van der Waals surface area contributed by atoms with Gasteiger partial charge in [-0.2, -0.15) is 0 Å². The molecule has 1 rings (SSSR count). The number of rotatable bonds is 5. The summed E-state index contributed by atoms with van der Waals surface area (Å²) < 4.78 is 4.76. The lowest BCUT2D eigenvalue weighted by atomic mass is 10.2. The topological polar surface area (TPSA) is 65.0 Å². The molecule has 0 amide bonds. The fraction of sp³-hybridized carbons (Fsp3) is 0.308. The SMILES string of the molecule is CCOC(=O)C(CBr)=NOC(=O)c1ccc(C)cc1. The highest BCUT2D eigenvalue weighted by Gasteiger charge is 2.14. The first-order valence-electron chi connectivity index (χ1n) is 5.66. The van der Waals surface area contributed by atoms with E-state index in [1.165, 1.54) is 0 Å². The van der Waals surface area contributed by atoms with Gasteiger partial charge in [0, 0.05) is 0 Å². The molecule has 0 atom stereocenters.